The van der Waals surface area contributed by atoms with E-state index in [9.17, 15) is 4.39 Å². The lowest BCUT2D eigenvalue weighted by Crippen LogP contribution is -2.29. The van der Waals surface area contributed by atoms with Gasteiger partial charge < -0.3 is 11.1 Å². The normalized spacial score (nSPS) is 12.1. The molecule has 0 amide bonds. The Kier molecular flexibility index (Phi) is 4.93. The maximum atomic E-state index is 13.5. The van der Waals surface area contributed by atoms with E-state index >= 15 is 0 Å². The van der Waals surface area contributed by atoms with Crippen molar-refractivity contribution in [2.75, 3.05) is 11.9 Å². The molecule has 0 spiro atoms. The SMILES string of the molecule is NCC(CCc1ccccc1)Nc1ccccc1F. The van der Waals surface area contributed by atoms with Crippen LogP contribution in [0.3, 0.4) is 0 Å². The molecule has 2 nitrogen and oxygen atoms in total. The molecule has 2 rings (SSSR count). The Morgan fingerprint density at radius 2 is 1.68 bits per heavy atom. The molecule has 0 fully saturated rings. The van der Waals surface area contributed by atoms with Gasteiger partial charge >= 0.3 is 0 Å². The Morgan fingerprint density at radius 3 is 2.37 bits per heavy atom. The van der Waals surface area contributed by atoms with Crippen LogP contribution in [0, 0.1) is 5.82 Å². The van der Waals surface area contributed by atoms with Crippen LogP contribution in [-0.2, 0) is 6.42 Å². The van der Waals surface area contributed by atoms with E-state index in [2.05, 4.69) is 17.4 Å². The van der Waals surface area contributed by atoms with Crippen molar-refractivity contribution in [1.82, 2.24) is 0 Å². The van der Waals surface area contributed by atoms with Gasteiger partial charge in [0, 0.05) is 12.6 Å². The molecular weight excluding hydrogens is 239 g/mol. The van der Waals surface area contributed by atoms with Crippen molar-refractivity contribution >= 4 is 5.69 Å². The summed E-state index contributed by atoms with van der Waals surface area (Å²) in [4.78, 5) is 0. The second-order valence-corrected chi connectivity index (χ2v) is 4.58. The molecule has 0 saturated heterocycles. The fraction of sp³-hybridized carbons (Fsp3) is 0.250. The topological polar surface area (TPSA) is 38.0 Å². The quantitative estimate of drug-likeness (QED) is 0.835. The van der Waals surface area contributed by atoms with Crippen molar-refractivity contribution < 1.29 is 4.39 Å². The molecule has 1 unspecified atom stereocenters. The monoisotopic (exact) mass is 258 g/mol. The van der Waals surface area contributed by atoms with Gasteiger partial charge in [-0.15, -0.1) is 0 Å². The van der Waals surface area contributed by atoms with Crippen molar-refractivity contribution in [3.8, 4) is 0 Å². The van der Waals surface area contributed by atoms with Crippen LogP contribution in [0.1, 0.15) is 12.0 Å². The van der Waals surface area contributed by atoms with Crippen molar-refractivity contribution in [3.63, 3.8) is 0 Å². The molecule has 0 aliphatic heterocycles. The molecule has 0 aliphatic carbocycles. The first-order valence-corrected chi connectivity index (χ1v) is 6.54. The average Bonchev–Trinajstić information content (AvgIpc) is 2.46. The Balaban J connectivity index is 1.92. The van der Waals surface area contributed by atoms with Gasteiger partial charge in [0.05, 0.1) is 5.69 Å². The zero-order chi connectivity index (χ0) is 13.5. The van der Waals surface area contributed by atoms with Crippen LogP contribution in [0.25, 0.3) is 0 Å². The minimum Gasteiger partial charge on any atom is -0.379 e. The maximum Gasteiger partial charge on any atom is 0.146 e. The van der Waals surface area contributed by atoms with E-state index in [4.69, 9.17) is 5.73 Å². The van der Waals surface area contributed by atoms with Crippen molar-refractivity contribution in [2.24, 2.45) is 5.73 Å². The molecule has 0 bridgehead atoms. The summed E-state index contributed by atoms with van der Waals surface area (Å²) in [6.45, 7) is 0.487. The van der Waals surface area contributed by atoms with Crippen LogP contribution in [0.2, 0.25) is 0 Å². The molecule has 0 heterocycles. The van der Waals surface area contributed by atoms with Gasteiger partial charge in [-0.05, 0) is 30.5 Å². The lowest BCUT2D eigenvalue weighted by molar-refractivity contribution is 0.614. The summed E-state index contributed by atoms with van der Waals surface area (Å²) in [5.74, 6) is -0.235. The number of aryl methyl sites for hydroxylation is 1. The van der Waals surface area contributed by atoms with Crippen molar-refractivity contribution in [3.05, 3.63) is 66.0 Å². The molecule has 19 heavy (non-hydrogen) atoms. The van der Waals surface area contributed by atoms with Crippen molar-refractivity contribution in [2.45, 2.75) is 18.9 Å². The summed E-state index contributed by atoms with van der Waals surface area (Å²) in [6, 6.07) is 17.0. The molecule has 0 saturated carbocycles. The van der Waals surface area contributed by atoms with Crippen LogP contribution in [0.4, 0.5) is 10.1 Å². The van der Waals surface area contributed by atoms with Crippen LogP contribution in [0.5, 0.6) is 0 Å². The van der Waals surface area contributed by atoms with Crippen LogP contribution in [0.15, 0.2) is 54.6 Å². The molecule has 100 valence electrons. The number of hydrogen-bond acceptors (Lipinski definition) is 2. The van der Waals surface area contributed by atoms with E-state index in [0.717, 1.165) is 12.8 Å². The fourth-order valence-electron chi connectivity index (χ4n) is 2.03. The van der Waals surface area contributed by atoms with Gasteiger partial charge in [-0.3, -0.25) is 0 Å². The van der Waals surface area contributed by atoms with Crippen LogP contribution < -0.4 is 11.1 Å². The highest BCUT2D eigenvalue weighted by Crippen LogP contribution is 2.15. The second kappa shape index (κ2) is 6.90. The van der Waals surface area contributed by atoms with E-state index in [-0.39, 0.29) is 11.9 Å². The number of nitrogens with two attached hydrogens (primary N) is 1. The Hall–Kier alpha value is -1.87. The molecule has 2 aromatic carbocycles. The number of benzene rings is 2. The molecule has 0 radical (unpaired) electrons. The van der Waals surface area contributed by atoms with Crippen molar-refractivity contribution in [1.29, 1.82) is 0 Å². The van der Waals surface area contributed by atoms with Gasteiger partial charge in [-0.25, -0.2) is 4.39 Å². The van der Waals surface area contributed by atoms with Crippen LogP contribution >= 0.6 is 0 Å². The maximum absolute atomic E-state index is 13.5. The third-order valence-corrected chi connectivity index (χ3v) is 3.14. The average molecular weight is 258 g/mol. The Morgan fingerprint density at radius 1 is 1.00 bits per heavy atom. The van der Waals surface area contributed by atoms with Gasteiger partial charge in [-0.1, -0.05) is 42.5 Å². The van der Waals surface area contributed by atoms with Gasteiger partial charge in [0.25, 0.3) is 0 Å². The molecule has 3 N–H and O–H groups in total. The minimum atomic E-state index is -0.235. The number of anilines is 1. The highest BCUT2D eigenvalue weighted by molar-refractivity contribution is 5.45. The molecule has 3 heteroatoms. The lowest BCUT2D eigenvalue weighted by atomic mass is 10.0. The smallest absolute Gasteiger partial charge is 0.146 e. The number of halogens is 1. The summed E-state index contributed by atoms with van der Waals surface area (Å²) >= 11 is 0. The number of rotatable bonds is 6. The summed E-state index contributed by atoms with van der Waals surface area (Å²) in [5, 5.41) is 3.17. The molecule has 1 atom stereocenters. The number of nitrogens with one attached hydrogen (secondary N) is 1. The largest absolute Gasteiger partial charge is 0.379 e. The Bertz CT molecular complexity index is 499. The standard InChI is InChI=1S/C16H19FN2/c17-15-8-4-5-9-16(15)19-14(12-18)11-10-13-6-2-1-3-7-13/h1-9,14,19H,10-12,18H2. The first kappa shape index (κ1) is 13.6. The van der Waals surface area contributed by atoms with Gasteiger partial charge in [-0.2, -0.15) is 0 Å². The third-order valence-electron chi connectivity index (χ3n) is 3.14. The van der Waals surface area contributed by atoms with Crippen LogP contribution in [-0.4, -0.2) is 12.6 Å². The third kappa shape index (κ3) is 4.07. The van der Waals surface area contributed by atoms with Gasteiger partial charge in [0.15, 0.2) is 0 Å². The van der Waals surface area contributed by atoms with E-state index < -0.39 is 0 Å². The molecular formula is C16H19FN2. The minimum absolute atomic E-state index is 0.0807. The predicted octanol–water partition coefficient (Wildman–Crippen LogP) is 3.20. The highest BCUT2D eigenvalue weighted by atomic mass is 19.1. The molecule has 2 aromatic rings. The van der Waals surface area contributed by atoms with Gasteiger partial charge in [0.2, 0.25) is 0 Å². The van der Waals surface area contributed by atoms with E-state index in [0.29, 0.717) is 12.2 Å². The number of para-hydroxylation sites is 1. The van der Waals surface area contributed by atoms with E-state index in [1.165, 1.54) is 11.6 Å². The first-order chi connectivity index (χ1) is 9.29. The molecule has 0 aliphatic rings. The highest BCUT2D eigenvalue weighted by Gasteiger charge is 2.09. The number of hydrogen-bond donors (Lipinski definition) is 2. The lowest BCUT2D eigenvalue weighted by Gasteiger charge is -2.18. The van der Waals surface area contributed by atoms with E-state index in [1.54, 1.807) is 12.1 Å². The fourth-order valence-corrected chi connectivity index (χ4v) is 2.03. The summed E-state index contributed by atoms with van der Waals surface area (Å²) < 4.78 is 13.5. The summed E-state index contributed by atoms with van der Waals surface area (Å²) in [7, 11) is 0. The first-order valence-electron chi connectivity index (χ1n) is 6.54. The zero-order valence-electron chi connectivity index (χ0n) is 10.9. The summed E-state index contributed by atoms with van der Waals surface area (Å²) in [6.07, 6.45) is 1.82. The Labute approximate surface area is 113 Å². The van der Waals surface area contributed by atoms with Gasteiger partial charge in [0.1, 0.15) is 5.82 Å². The summed E-state index contributed by atoms with van der Waals surface area (Å²) in [5.41, 5.74) is 7.54. The second-order valence-electron chi connectivity index (χ2n) is 4.58. The zero-order valence-corrected chi connectivity index (χ0v) is 10.9. The van der Waals surface area contributed by atoms with E-state index in [1.807, 2.05) is 24.3 Å². The molecule has 0 aromatic heterocycles. The predicted molar refractivity (Wildman–Crippen MR) is 77.6 cm³/mol.